The average molecular weight is 376 g/mol. The van der Waals surface area contributed by atoms with Gasteiger partial charge in [-0.1, -0.05) is 35.9 Å². The zero-order valence-electron chi connectivity index (χ0n) is 12.6. The van der Waals surface area contributed by atoms with Crippen molar-refractivity contribution in [2.24, 2.45) is 0 Å². The van der Waals surface area contributed by atoms with Gasteiger partial charge in [-0.25, -0.2) is 9.18 Å². The molecule has 2 N–H and O–H groups in total. The molecule has 4 nitrogen and oxygen atoms in total. The van der Waals surface area contributed by atoms with Gasteiger partial charge in [0, 0.05) is 10.4 Å². The quantitative estimate of drug-likeness (QED) is 0.662. The van der Waals surface area contributed by atoms with Crippen molar-refractivity contribution in [1.29, 1.82) is 0 Å². The van der Waals surface area contributed by atoms with Crippen LogP contribution in [-0.4, -0.2) is 17.0 Å². The monoisotopic (exact) mass is 375 g/mol. The number of carbonyl (C=O) groups excluding carboxylic acids is 1. The number of benzene rings is 2. The summed E-state index contributed by atoms with van der Waals surface area (Å²) in [4.78, 5) is 24.4. The fourth-order valence-corrected chi connectivity index (χ4v) is 3.44. The third kappa shape index (κ3) is 3.55. The molecule has 1 aromatic heterocycles. The minimum absolute atomic E-state index is 0.0444. The lowest BCUT2D eigenvalue weighted by Gasteiger charge is -2.07. The van der Waals surface area contributed by atoms with Crippen molar-refractivity contribution in [3.63, 3.8) is 0 Å². The number of rotatable bonds is 4. The van der Waals surface area contributed by atoms with Crippen molar-refractivity contribution in [2.75, 3.05) is 5.32 Å². The average Bonchev–Trinajstić information content (AvgIpc) is 2.99. The van der Waals surface area contributed by atoms with Gasteiger partial charge in [0.25, 0.3) is 5.91 Å². The molecule has 0 aliphatic heterocycles. The van der Waals surface area contributed by atoms with Gasteiger partial charge < -0.3 is 10.4 Å². The van der Waals surface area contributed by atoms with Crippen LogP contribution < -0.4 is 5.32 Å². The Morgan fingerprint density at radius 2 is 1.76 bits per heavy atom. The predicted molar refractivity (Wildman–Crippen MR) is 96.1 cm³/mol. The molecule has 25 heavy (non-hydrogen) atoms. The second-order valence-corrected chi connectivity index (χ2v) is 6.42. The largest absolute Gasteiger partial charge is 0.478 e. The van der Waals surface area contributed by atoms with Crippen LogP contribution in [0.15, 0.2) is 53.9 Å². The Morgan fingerprint density at radius 3 is 2.40 bits per heavy atom. The molecule has 2 aromatic carbocycles. The summed E-state index contributed by atoms with van der Waals surface area (Å²) in [5.41, 5.74) is 0.587. The van der Waals surface area contributed by atoms with Crippen molar-refractivity contribution in [2.45, 2.75) is 0 Å². The number of carboxylic acids is 1. The number of nitrogens with one attached hydrogen (secondary N) is 1. The Morgan fingerprint density at radius 1 is 1.08 bits per heavy atom. The Labute approximate surface area is 151 Å². The van der Waals surface area contributed by atoms with E-state index in [-0.39, 0.29) is 16.8 Å². The molecule has 0 unspecified atom stereocenters. The number of thiophene rings is 1. The fourth-order valence-electron chi connectivity index (χ4n) is 2.31. The molecule has 1 amide bonds. The van der Waals surface area contributed by atoms with Crippen LogP contribution in [0.4, 0.5) is 10.1 Å². The number of halogens is 2. The van der Waals surface area contributed by atoms with E-state index < -0.39 is 17.7 Å². The Hall–Kier alpha value is -2.70. The summed E-state index contributed by atoms with van der Waals surface area (Å²) in [6.45, 7) is 0. The molecule has 3 aromatic rings. The number of hydrogen-bond acceptors (Lipinski definition) is 3. The second kappa shape index (κ2) is 7.04. The molecular formula is C18H11ClFNO3S. The molecule has 7 heteroatoms. The first-order valence-corrected chi connectivity index (χ1v) is 8.39. The maximum atomic E-state index is 13.7. The normalized spacial score (nSPS) is 10.5. The molecule has 0 fully saturated rings. The van der Waals surface area contributed by atoms with Crippen molar-refractivity contribution in [3.8, 4) is 10.4 Å². The van der Waals surface area contributed by atoms with Gasteiger partial charge in [0.15, 0.2) is 0 Å². The molecule has 0 radical (unpaired) electrons. The van der Waals surface area contributed by atoms with E-state index in [1.54, 1.807) is 24.3 Å². The lowest BCUT2D eigenvalue weighted by Crippen LogP contribution is -2.15. The van der Waals surface area contributed by atoms with Gasteiger partial charge >= 0.3 is 5.97 Å². The summed E-state index contributed by atoms with van der Waals surface area (Å²) in [6.07, 6.45) is 0. The lowest BCUT2D eigenvalue weighted by atomic mass is 10.1. The summed E-state index contributed by atoms with van der Waals surface area (Å²) in [6, 6.07) is 12.2. The minimum Gasteiger partial charge on any atom is -0.478 e. The molecule has 126 valence electrons. The molecule has 0 saturated heterocycles. The number of amides is 1. The van der Waals surface area contributed by atoms with Crippen LogP contribution in [0.3, 0.4) is 0 Å². The highest BCUT2D eigenvalue weighted by Gasteiger charge is 2.22. The van der Waals surface area contributed by atoms with Crippen LogP contribution in [0.25, 0.3) is 10.4 Å². The zero-order chi connectivity index (χ0) is 18.0. The third-order valence-electron chi connectivity index (χ3n) is 3.48. The molecule has 0 aliphatic carbocycles. The highest BCUT2D eigenvalue weighted by atomic mass is 35.5. The topological polar surface area (TPSA) is 66.4 Å². The smallest absolute Gasteiger partial charge is 0.339 e. The van der Waals surface area contributed by atoms with E-state index in [0.717, 1.165) is 0 Å². The van der Waals surface area contributed by atoms with Crippen molar-refractivity contribution >= 4 is 40.5 Å². The molecule has 0 aliphatic rings. The minimum atomic E-state index is -1.19. The summed E-state index contributed by atoms with van der Waals surface area (Å²) in [5.74, 6) is -2.57. The van der Waals surface area contributed by atoms with Gasteiger partial charge in [-0.05, 0) is 29.8 Å². The van der Waals surface area contributed by atoms with Crippen molar-refractivity contribution < 1.29 is 19.1 Å². The van der Waals surface area contributed by atoms with Gasteiger partial charge in [0.1, 0.15) is 11.4 Å². The Bertz CT molecular complexity index is 953. The van der Waals surface area contributed by atoms with Gasteiger partial charge in [0.2, 0.25) is 0 Å². The highest BCUT2D eigenvalue weighted by Crippen LogP contribution is 2.36. The highest BCUT2D eigenvalue weighted by molar-refractivity contribution is 7.14. The first kappa shape index (κ1) is 17.1. The number of anilines is 1. The van der Waals surface area contributed by atoms with Crippen LogP contribution >= 0.6 is 22.9 Å². The van der Waals surface area contributed by atoms with E-state index >= 15 is 0 Å². The molecular weight excluding hydrogens is 365 g/mol. The first-order chi connectivity index (χ1) is 12.0. The number of aromatic carboxylic acids is 1. The second-order valence-electron chi connectivity index (χ2n) is 5.10. The number of carbonyl (C=O) groups is 2. The maximum Gasteiger partial charge on any atom is 0.339 e. The molecule has 0 atom stereocenters. The first-order valence-electron chi connectivity index (χ1n) is 7.14. The van der Waals surface area contributed by atoms with Crippen LogP contribution in [-0.2, 0) is 0 Å². The van der Waals surface area contributed by atoms with Crippen LogP contribution in [0.1, 0.15) is 20.7 Å². The summed E-state index contributed by atoms with van der Waals surface area (Å²) in [7, 11) is 0. The Balaban J connectivity index is 1.98. The molecule has 0 spiro atoms. The third-order valence-corrected chi connectivity index (χ3v) is 4.76. The van der Waals surface area contributed by atoms with Gasteiger partial charge in [0.05, 0.1) is 16.1 Å². The van der Waals surface area contributed by atoms with Crippen LogP contribution in [0.2, 0.25) is 5.02 Å². The maximum absolute atomic E-state index is 13.7. The van der Waals surface area contributed by atoms with Crippen LogP contribution in [0.5, 0.6) is 0 Å². The molecule has 1 heterocycles. The summed E-state index contributed by atoms with van der Waals surface area (Å²) < 4.78 is 13.7. The SMILES string of the molecule is O=C(Nc1csc(-c2ccc(Cl)cc2)c1C(=O)O)c1ccccc1F. The standard InChI is InChI=1S/C18H11ClFNO3S/c19-11-7-5-10(6-8-11)16-15(18(23)24)14(9-25-16)21-17(22)12-3-1-2-4-13(12)20/h1-9H,(H,21,22)(H,23,24). The molecule has 0 bridgehead atoms. The van der Waals surface area contributed by atoms with Crippen LogP contribution in [0, 0.1) is 5.82 Å². The van der Waals surface area contributed by atoms with E-state index in [9.17, 15) is 19.1 Å². The predicted octanol–water partition coefficient (Wildman–Crippen LogP) is 5.16. The zero-order valence-corrected chi connectivity index (χ0v) is 14.2. The van der Waals surface area contributed by atoms with E-state index in [1.165, 1.54) is 41.0 Å². The summed E-state index contributed by atoms with van der Waals surface area (Å²) >= 11 is 7.03. The van der Waals surface area contributed by atoms with Gasteiger partial charge in [-0.15, -0.1) is 11.3 Å². The molecule has 0 saturated carbocycles. The Kier molecular flexibility index (Phi) is 4.83. The molecule has 3 rings (SSSR count). The summed E-state index contributed by atoms with van der Waals surface area (Å²) in [5, 5.41) is 14.1. The van der Waals surface area contributed by atoms with Crippen molar-refractivity contribution in [3.05, 3.63) is 75.9 Å². The van der Waals surface area contributed by atoms with Gasteiger partial charge in [-0.2, -0.15) is 0 Å². The van der Waals surface area contributed by atoms with E-state index in [2.05, 4.69) is 5.32 Å². The van der Waals surface area contributed by atoms with E-state index in [4.69, 9.17) is 11.6 Å². The fraction of sp³-hybridized carbons (Fsp3) is 0. The van der Waals surface area contributed by atoms with E-state index in [1.807, 2.05) is 0 Å². The number of carboxylic acid groups (broad SMARTS) is 1. The lowest BCUT2D eigenvalue weighted by molar-refractivity contribution is 0.0699. The number of hydrogen-bond donors (Lipinski definition) is 2. The van der Waals surface area contributed by atoms with Crippen molar-refractivity contribution in [1.82, 2.24) is 0 Å². The van der Waals surface area contributed by atoms with E-state index in [0.29, 0.717) is 15.5 Å². The van der Waals surface area contributed by atoms with Gasteiger partial charge in [-0.3, -0.25) is 4.79 Å².